The van der Waals surface area contributed by atoms with Crippen molar-refractivity contribution in [1.82, 2.24) is 5.32 Å². The van der Waals surface area contributed by atoms with Crippen LogP contribution in [0, 0.1) is 0 Å². The molecule has 0 heterocycles. The summed E-state index contributed by atoms with van der Waals surface area (Å²) in [5, 5.41) is 12.3. The molecule has 0 aliphatic heterocycles. The van der Waals surface area contributed by atoms with E-state index in [1.165, 1.54) is 25.7 Å². The molecule has 0 radical (unpaired) electrons. The minimum atomic E-state index is -0.0877. The molecular formula is C16H33NO3. The minimum absolute atomic E-state index is 0.0877. The number of hydrogen-bond acceptors (Lipinski definition) is 4. The molecule has 0 rings (SSSR count). The molecule has 2 N–H and O–H groups in total. The van der Waals surface area contributed by atoms with Crippen molar-refractivity contribution in [3.8, 4) is 0 Å². The molecule has 20 heavy (non-hydrogen) atoms. The van der Waals surface area contributed by atoms with E-state index >= 15 is 0 Å². The Hall–Kier alpha value is -0.610. The number of carbonyl (C=O) groups is 1. The molecule has 4 heteroatoms. The molecule has 0 saturated carbocycles. The first-order chi connectivity index (χ1) is 9.74. The second-order valence-electron chi connectivity index (χ2n) is 5.34. The molecule has 0 aromatic rings. The van der Waals surface area contributed by atoms with Gasteiger partial charge in [0.2, 0.25) is 0 Å². The summed E-state index contributed by atoms with van der Waals surface area (Å²) >= 11 is 0. The van der Waals surface area contributed by atoms with Gasteiger partial charge in [0.1, 0.15) is 0 Å². The van der Waals surface area contributed by atoms with Crippen molar-refractivity contribution >= 4 is 5.97 Å². The van der Waals surface area contributed by atoms with Gasteiger partial charge in [0.15, 0.2) is 0 Å². The quantitative estimate of drug-likeness (QED) is 0.381. The number of rotatable bonds is 14. The third-order valence-corrected chi connectivity index (χ3v) is 3.37. The fraction of sp³-hybridized carbons (Fsp3) is 0.938. The highest BCUT2D eigenvalue weighted by atomic mass is 16.5. The summed E-state index contributed by atoms with van der Waals surface area (Å²) in [7, 11) is 0. The summed E-state index contributed by atoms with van der Waals surface area (Å²) < 4.78 is 5.16. The van der Waals surface area contributed by atoms with Gasteiger partial charge in [-0.05, 0) is 25.7 Å². The van der Waals surface area contributed by atoms with Crippen LogP contribution >= 0.6 is 0 Å². The fourth-order valence-corrected chi connectivity index (χ4v) is 2.23. The summed E-state index contributed by atoms with van der Waals surface area (Å²) in [5.74, 6) is -0.0877. The maximum Gasteiger partial charge on any atom is 0.305 e. The highest BCUT2D eigenvalue weighted by Gasteiger charge is 2.08. The van der Waals surface area contributed by atoms with Crippen LogP contribution < -0.4 is 5.32 Å². The van der Waals surface area contributed by atoms with E-state index < -0.39 is 0 Å². The van der Waals surface area contributed by atoms with Crippen LogP contribution in [-0.4, -0.2) is 36.9 Å². The first-order valence-corrected chi connectivity index (χ1v) is 8.24. The lowest BCUT2D eigenvalue weighted by molar-refractivity contribution is -0.143. The normalized spacial score (nSPS) is 12.3. The highest BCUT2D eigenvalue weighted by molar-refractivity contribution is 5.69. The van der Waals surface area contributed by atoms with Crippen molar-refractivity contribution in [3.05, 3.63) is 0 Å². The number of ether oxygens (including phenoxy) is 1. The molecule has 120 valence electrons. The van der Waals surface area contributed by atoms with Crippen LogP contribution in [0.5, 0.6) is 0 Å². The van der Waals surface area contributed by atoms with Crippen molar-refractivity contribution in [2.45, 2.75) is 77.7 Å². The van der Waals surface area contributed by atoms with Crippen molar-refractivity contribution in [3.63, 3.8) is 0 Å². The molecule has 0 amide bonds. The van der Waals surface area contributed by atoms with E-state index in [2.05, 4.69) is 12.2 Å². The van der Waals surface area contributed by atoms with Crippen LogP contribution in [-0.2, 0) is 9.53 Å². The van der Waals surface area contributed by atoms with Gasteiger partial charge >= 0.3 is 5.97 Å². The highest BCUT2D eigenvalue weighted by Crippen LogP contribution is 2.10. The zero-order chi connectivity index (χ0) is 15.1. The number of aliphatic hydroxyl groups is 1. The Morgan fingerprint density at radius 3 is 2.50 bits per heavy atom. The number of aliphatic hydroxyl groups excluding tert-OH is 1. The van der Waals surface area contributed by atoms with Gasteiger partial charge in [-0.2, -0.15) is 0 Å². The van der Waals surface area contributed by atoms with E-state index in [1.807, 2.05) is 6.92 Å². The molecule has 0 aliphatic rings. The van der Waals surface area contributed by atoms with Gasteiger partial charge in [0.25, 0.3) is 0 Å². The van der Waals surface area contributed by atoms with Crippen LogP contribution in [0.3, 0.4) is 0 Å². The minimum Gasteiger partial charge on any atom is -0.466 e. The monoisotopic (exact) mass is 287 g/mol. The predicted octanol–water partition coefficient (Wildman–Crippen LogP) is 3.03. The van der Waals surface area contributed by atoms with Crippen molar-refractivity contribution in [1.29, 1.82) is 0 Å². The van der Waals surface area contributed by atoms with Gasteiger partial charge in [-0.1, -0.05) is 39.5 Å². The summed E-state index contributed by atoms with van der Waals surface area (Å²) in [6, 6.07) is 0.434. The van der Waals surface area contributed by atoms with Crippen LogP contribution in [0.4, 0.5) is 0 Å². The molecule has 0 bridgehead atoms. The largest absolute Gasteiger partial charge is 0.466 e. The molecule has 1 unspecified atom stereocenters. The average molecular weight is 287 g/mol. The summed E-state index contributed by atoms with van der Waals surface area (Å²) in [6.45, 7) is 5.54. The van der Waals surface area contributed by atoms with Crippen LogP contribution in [0.15, 0.2) is 0 Å². The molecule has 0 aromatic carbocycles. The Bertz CT molecular complexity index is 222. The van der Waals surface area contributed by atoms with E-state index in [0.717, 1.165) is 25.7 Å². The van der Waals surface area contributed by atoms with E-state index in [4.69, 9.17) is 9.84 Å². The first-order valence-electron chi connectivity index (χ1n) is 8.24. The topological polar surface area (TPSA) is 58.6 Å². The van der Waals surface area contributed by atoms with E-state index in [-0.39, 0.29) is 12.6 Å². The standard InChI is InChI=1S/C16H33NO3/c1-3-5-6-7-10-15(17-12-13-18)11-8-14-20-16(19)9-4-2/h15,17-18H,3-14H2,1-2H3. The van der Waals surface area contributed by atoms with Crippen molar-refractivity contribution < 1.29 is 14.6 Å². The summed E-state index contributed by atoms with van der Waals surface area (Å²) in [6.07, 6.45) is 9.45. The molecule has 0 spiro atoms. The lowest BCUT2D eigenvalue weighted by Gasteiger charge is -2.18. The van der Waals surface area contributed by atoms with Gasteiger partial charge in [-0.3, -0.25) is 4.79 Å². The van der Waals surface area contributed by atoms with E-state index in [1.54, 1.807) is 0 Å². The van der Waals surface area contributed by atoms with Gasteiger partial charge in [0.05, 0.1) is 13.2 Å². The van der Waals surface area contributed by atoms with Crippen molar-refractivity contribution in [2.24, 2.45) is 0 Å². The Kier molecular flexibility index (Phi) is 14.3. The van der Waals surface area contributed by atoms with E-state index in [0.29, 0.717) is 25.6 Å². The number of esters is 1. The Morgan fingerprint density at radius 1 is 1.10 bits per heavy atom. The van der Waals surface area contributed by atoms with Crippen LogP contribution in [0.2, 0.25) is 0 Å². The van der Waals surface area contributed by atoms with E-state index in [9.17, 15) is 4.79 Å². The molecule has 0 aliphatic carbocycles. The third kappa shape index (κ3) is 12.4. The smallest absolute Gasteiger partial charge is 0.305 e. The van der Waals surface area contributed by atoms with Gasteiger partial charge in [-0.15, -0.1) is 0 Å². The SMILES string of the molecule is CCCCCCC(CCCOC(=O)CCC)NCCO. The molecule has 0 aromatic heterocycles. The second kappa shape index (κ2) is 14.8. The Morgan fingerprint density at radius 2 is 1.85 bits per heavy atom. The molecule has 0 fully saturated rings. The molecule has 0 saturated heterocycles. The molecular weight excluding hydrogens is 254 g/mol. The fourth-order valence-electron chi connectivity index (χ4n) is 2.23. The zero-order valence-corrected chi connectivity index (χ0v) is 13.3. The number of nitrogens with one attached hydrogen (secondary N) is 1. The van der Waals surface area contributed by atoms with Gasteiger partial charge < -0.3 is 15.2 Å². The summed E-state index contributed by atoms with van der Waals surface area (Å²) in [5.41, 5.74) is 0. The Labute approximate surface area is 124 Å². The summed E-state index contributed by atoms with van der Waals surface area (Å²) in [4.78, 5) is 11.2. The first kappa shape index (κ1) is 19.4. The van der Waals surface area contributed by atoms with Gasteiger partial charge in [-0.25, -0.2) is 0 Å². The lowest BCUT2D eigenvalue weighted by Crippen LogP contribution is -2.31. The average Bonchev–Trinajstić information content (AvgIpc) is 2.44. The van der Waals surface area contributed by atoms with Crippen molar-refractivity contribution in [2.75, 3.05) is 19.8 Å². The lowest BCUT2D eigenvalue weighted by atomic mass is 10.0. The number of hydrogen-bond donors (Lipinski definition) is 2. The number of carbonyl (C=O) groups excluding carboxylic acids is 1. The van der Waals surface area contributed by atoms with Crippen LogP contribution in [0.1, 0.15) is 71.6 Å². The number of unbranched alkanes of at least 4 members (excludes halogenated alkanes) is 3. The maximum absolute atomic E-state index is 11.2. The van der Waals surface area contributed by atoms with Gasteiger partial charge in [0, 0.05) is 19.0 Å². The van der Waals surface area contributed by atoms with Crippen LogP contribution in [0.25, 0.3) is 0 Å². The molecule has 1 atom stereocenters. The molecule has 4 nitrogen and oxygen atoms in total. The second-order valence-corrected chi connectivity index (χ2v) is 5.34. The maximum atomic E-state index is 11.2. The zero-order valence-electron chi connectivity index (χ0n) is 13.3. The third-order valence-electron chi connectivity index (χ3n) is 3.37. The predicted molar refractivity (Wildman–Crippen MR) is 82.7 cm³/mol. The Balaban J connectivity index is 3.70.